The normalized spacial score (nSPS) is 17.1. The van der Waals surface area contributed by atoms with Gasteiger partial charge in [0.1, 0.15) is 0 Å². The van der Waals surface area contributed by atoms with Gasteiger partial charge < -0.3 is 5.32 Å². The molecule has 0 radical (unpaired) electrons. The van der Waals surface area contributed by atoms with Crippen molar-refractivity contribution in [2.75, 3.05) is 13.1 Å². The van der Waals surface area contributed by atoms with Crippen molar-refractivity contribution in [2.24, 2.45) is 0 Å². The maximum atomic E-state index is 4.75. The van der Waals surface area contributed by atoms with Crippen molar-refractivity contribution in [3.63, 3.8) is 0 Å². The van der Waals surface area contributed by atoms with E-state index in [4.69, 9.17) is 4.98 Å². The Hall–Kier alpha value is -1.45. The van der Waals surface area contributed by atoms with Gasteiger partial charge in [-0.2, -0.15) is 0 Å². The molecule has 0 unspecified atom stereocenters. The minimum absolute atomic E-state index is 0.658. The van der Waals surface area contributed by atoms with E-state index in [0.29, 0.717) is 5.92 Å². The van der Waals surface area contributed by atoms with Crippen LogP contribution in [0.5, 0.6) is 0 Å². The Labute approximate surface area is 118 Å². The quantitative estimate of drug-likeness (QED) is 0.918. The molecule has 1 N–H and O–H groups in total. The van der Waals surface area contributed by atoms with Gasteiger partial charge in [0.25, 0.3) is 0 Å². The highest BCUT2D eigenvalue weighted by Gasteiger charge is 2.17. The van der Waals surface area contributed by atoms with Crippen molar-refractivity contribution < 1.29 is 0 Å². The summed E-state index contributed by atoms with van der Waals surface area (Å²) in [4.78, 5) is 4.75. The highest BCUT2D eigenvalue weighted by atomic mass is 32.1. The molecule has 3 rings (SSSR count). The summed E-state index contributed by atoms with van der Waals surface area (Å²) in [5, 5.41) is 6.86. The predicted molar refractivity (Wildman–Crippen MR) is 82.3 cm³/mol. The van der Waals surface area contributed by atoms with Gasteiger partial charge in [0.15, 0.2) is 0 Å². The van der Waals surface area contributed by atoms with Crippen LogP contribution >= 0.6 is 11.3 Å². The fourth-order valence-electron chi connectivity index (χ4n) is 2.38. The first-order valence-electron chi connectivity index (χ1n) is 6.81. The number of nitrogens with one attached hydrogen (secondary N) is 1. The molecule has 0 aliphatic carbocycles. The average Bonchev–Trinajstić information content (AvgIpc) is 2.96. The molecular weight excluding hydrogens is 252 g/mol. The van der Waals surface area contributed by atoms with E-state index in [-0.39, 0.29) is 0 Å². The first-order chi connectivity index (χ1) is 9.42. The summed E-state index contributed by atoms with van der Waals surface area (Å²) in [6.45, 7) is 2.25. The lowest BCUT2D eigenvalue weighted by Gasteiger charge is -2.20. The number of aromatic nitrogens is 1. The Morgan fingerprint density at radius 3 is 2.68 bits per heavy atom. The van der Waals surface area contributed by atoms with Gasteiger partial charge in [0, 0.05) is 11.3 Å². The molecule has 2 heterocycles. The van der Waals surface area contributed by atoms with Gasteiger partial charge in [-0.3, -0.25) is 0 Å². The third kappa shape index (κ3) is 3.31. The van der Waals surface area contributed by atoms with Gasteiger partial charge in [-0.15, -0.1) is 11.3 Å². The second-order valence-electron chi connectivity index (χ2n) is 4.88. The molecule has 0 amide bonds. The van der Waals surface area contributed by atoms with Crippen molar-refractivity contribution in [2.45, 2.75) is 18.8 Å². The predicted octanol–water partition coefficient (Wildman–Crippen LogP) is 3.78. The number of benzene rings is 1. The highest BCUT2D eigenvalue weighted by Crippen LogP contribution is 2.28. The minimum atomic E-state index is 0.658. The molecule has 0 spiro atoms. The van der Waals surface area contributed by atoms with E-state index in [1.54, 1.807) is 11.3 Å². The maximum Gasteiger partial charge on any atom is 0.0964 e. The van der Waals surface area contributed by atoms with E-state index in [2.05, 4.69) is 47.1 Å². The molecule has 2 nitrogen and oxygen atoms in total. The van der Waals surface area contributed by atoms with Crippen molar-refractivity contribution in [3.05, 3.63) is 52.0 Å². The van der Waals surface area contributed by atoms with Crippen LogP contribution in [0.15, 0.2) is 35.7 Å². The summed E-state index contributed by atoms with van der Waals surface area (Å²) >= 11 is 1.80. The summed E-state index contributed by atoms with van der Waals surface area (Å²) in [7, 11) is 0. The van der Waals surface area contributed by atoms with Crippen molar-refractivity contribution in [3.8, 4) is 0 Å². The van der Waals surface area contributed by atoms with Crippen molar-refractivity contribution >= 4 is 23.5 Å². The Morgan fingerprint density at radius 1 is 1.11 bits per heavy atom. The lowest BCUT2D eigenvalue weighted by atomic mass is 9.99. The topological polar surface area (TPSA) is 24.9 Å². The second kappa shape index (κ2) is 6.13. The first-order valence-corrected chi connectivity index (χ1v) is 7.69. The van der Waals surface area contributed by atoms with Crippen LogP contribution in [-0.4, -0.2) is 18.1 Å². The molecular formula is C16H18N2S. The van der Waals surface area contributed by atoms with E-state index in [1.165, 1.54) is 23.4 Å². The molecule has 2 aromatic rings. The molecule has 1 fully saturated rings. The zero-order chi connectivity index (χ0) is 12.9. The fraction of sp³-hybridized carbons (Fsp3) is 0.312. The summed E-state index contributed by atoms with van der Waals surface area (Å²) in [5.41, 5.74) is 2.31. The van der Waals surface area contributed by atoms with Crippen LogP contribution in [0.4, 0.5) is 0 Å². The number of hydrogen-bond donors (Lipinski definition) is 1. The van der Waals surface area contributed by atoms with Crippen LogP contribution < -0.4 is 5.32 Å². The molecule has 1 saturated heterocycles. The Morgan fingerprint density at radius 2 is 1.89 bits per heavy atom. The van der Waals surface area contributed by atoms with Crippen molar-refractivity contribution in [1.82, 2.24) is 10.3 Å². The number of rotatable bonds is 3. The molecule has 3 heteroatoms. The third-order valence-corrected chi connectivity index (χ3v) is 4.50. The maximum absolute atomic E-state index is 4.75. The van der Waals surface area contributed by atoms with E-state index < -0.39 is 0 Å². The summed E-state index contributed by atoms with van der Waals surface area (Å²) in [6.07, 6.45) is 6.67. The van der Waals surface area contributed by atoms with Gasteiger partial charge in [-0.25, -0.2) is 4.98 Å². The fourth-order valence-corrected chi connectivity index (χ4v) is 3.34. The van der Waals surface area contributed by atoms with E-state index in [0.717, 1.165) is 18.8 Å². The largest absolute Gasteiger partial charge is 0.317 e. The van der Waals surface area contributed by atoms with E-state index in [1.807, 2.05) is 6.07 Å². The Bertz CT molecular complexity index is 539. The van der Waals surface area contributed by atoms with Crippen LogP contribution in [0.25, 0.3) is 12.2 Å². The Balaban J connectivity index is 1.69. The van der Waals surface area contributed by atoms with Gasteiger partial charge in [0.05, 0.1) is 10.7 Å². The van der Waals surface area contributed by atoms with Gasteiger partial charge in [0.2, 0.25) is 0 Å². The zero-order valence-electron chi connectivity index (χ0n) is 10.9. The molecule has 0 bridgehead atoms. The number of piperidine rings is 1. The highest BCUT2D eigenvalue weighted by molar-refractivity contribution is 7.09. The molecule has 1 aromatic heterocycles. The van der Waals surface area contributed by atoms with E-state index >= 15 is 0 Å². The number of nitrogens with zero attached hydrogens (tertiary/aromatic N) is 1. The lowest BCUT2D eigenvalue weighted by molar-refractivity contribution is 0.459. The van der Waals surface area contributed by atoms with Crippen LogP contribution in [0.1, 0.15) is 35.0 Å². The van der Waals surface area contributed by atoms with Crippen LogP contribution in [0, 0.1) is 0 Å². The second-order valence-corrected chi connectivity index (χ2v) is 5.77. The van der Waals surface area contributed by atoms with E-state index in [9.17, 15) is 0 Å². The Kier molecular flexibility index (Phi) is 4.06. The number of thiazole rings is 1. The third-order valence-electron chi connectivity index (χ3n) is 3.47. The standard InChI is InChI=1S/C16H18N2S/c1-2-4-13(5-3-1)6-7-15-12-19-16(18-15)14-8-10-17-11-9-14/h1-7,12,14,17H,8-11H2. The molecule has 1 aliphatic heterocycles. The summed E-state index contributed by atoms with van der Waals surface area (Å²) in [6, 6.07) is 10.4. The monoisotopic (exact) mass is 270 g/mol. The molecule has 1 aliphatic rings. The zero-order valence-corrected chi connectivity index (χ0v) is 11.7. The molecule has 98 valence electrons. The summed E-state index contributed by atoms with van der Waals surface area (Å²) < 4.78 is 0. The minimum Gasteiger partial charge on any atom is -0.317 e. The lowest BCUT2D eigenvalue weighted by Crippen LogP contribution is -2.26. The van der Waals surface area contributed by atoms with Crippen molar-refractivity contribution in [1.29, 1.82) is 0 Å². The SMILES string of the molecule is C(=Cc1csc(C2CCNCC2)n1)c1ccccc1. The van der Waals surface area contributed by atoms with Crippen LogP contribution in [0.3, 0.4) is 0 Å². The molecule has 19 heavy (non-hydrogen) atoms. The van der Waals surface area contributed by atoms with Gasteiger partial charge in [-0.1, -0.05) is 36.4 Å². The first kappa shape index (κ1) is 12.6. The van der Waals surface area contributed by atoms with Crippen LogP contribution in [-0.2, 0) is 0 Å². The van der Waals surface area contributed by atoms with Gasteiger partial charge in [-0.05, 0) is 37.6 Å². The molecule has 1 aromatic carbocycles. The summed E-state index contributed by atoms with van der Waals surface area (Å²) in [5.74, 6) is 0.658. The van der Waals surface area contributed by atoms with Crippen LogP contribution in [0.2, 0.25) is 0 Å². The molecule has 0 atom stereocenters. The molecule has 0 saturated carbocycles. The smallest absolute Gasteiger partial charge is 0.0964 e. The number of hydrogen-bond acceptors (Lipinski definition) is 3. The average molecular weight is 270 g/mol. The van der Waals surface area contributed by atoms with Gasteiger partial charge >= 0.3 is 0 Å².